The SMILES string of the molecule is O=C(ONC(c1ccccc1)c1ccccc1)C(=O)Oc1ccccc1. The first-order chi connectivity index (χ1) is 12.7. The highest BCUT2D eigenvalue weighted by Crippen LogP contribution is 2.21. The predicted molar refractivity (Wildman–Crippen MR) is 96.0 cm³/mol. The Labute approximate surface area is 151 Å². The van der Waals surface area contributed by atoms with Gasteiger partial charge < -0.3 is 9.57 Å². The average molecular weight is 347 g/mol. The lowest BCUT2D eigenvalue weighted by atomic mass is 10.00. The van der Waals surface area contributed by atoms with Crippen LogP contribution in [-0.4, -0.2) is 11.9 Å². The van der Waals surface area contributed by atoms with E-state index in [0.717, 1.165) is 11.1 Å². The van der Waals surface area contributed by atoms with E-state index in [1.807, 2.05) is 60.7 Å². The number of carbonyl (C=O) groups is 2. The molecule has 0 radical (unpaired) electrons. The van der Waals surface area contributed by atoms with Crippen LogP contribution >= 0.6 is 0 Å². The smallest absolute Gasteiger partial charge is 0.418 e. The third-order valence-electron chi connectivity index (χ3n) is 3.66. The van der Waals surface area contributed by atoms with Gasteiger partial charge in [0.1, 0.15) is 5.75 Å². The van der Waals surface area contributed by atoms with E-state index < -0.39 is 18.0 Å². The van der Waals surface area contributed by atoms with Crippen molar-refractivity contribution in [3.05, 3.63) is 102 Å². The molecule has 0 saturated heterocycles. The van der Waals surface area contributed by atoms with Gasteiger partial charge in [-0.3, -0.25) is 0 Å². The highest BCUT2D eigenvalue weighted by molar-refractivity contribution is 6.30. The molecule has 26 heavy (non-hydrogen) atoms. The molecule has 0 amide bonds. The van der Waals surface area contributed by atoms with Crippen LogP contribution in [0.4, 0.5) is 0 Å². The fourth-order valence-electron chi connectivity index (χ4n) is 2.41. The van der Waals surface area contributed by atoms with E-state index in [4.69, 9.17) is 9.57 Å². The van der Waals surface area contributed by atoms with Crippen LogP contribution < -0.4 is 10.2 Å². The van der Waals surface area contributed by atoms with E-state index in [1.54, 1.807) is 30.3 Å². The molecular formula is C21H17NO4. The minimum absolute atomic E-state index is 0.275. The van der Waals surface area contributed by atoms with E-state index >= 15 is 0 Å². The summed E-state index contributed by atoms with van der Waals surface area (Å²) in [6.45, 7) is 0. The molecule has 5 nitrogen and oxygen atoms in total. The Hall–Kier alpha value is -3.44. The fraction of sp³-hybridized carbons (Fsp3) is 0.0476. The molecular weight excluding hydrogens is 330 g/mol. The van der Waals surface area contributed by atoms with E-state index in [9.17, 15) is 9.59 Å². The maximum Gasteiger partial charge on any atom is 0.436 e. The number of benzene rings is 3. The molecule has 0 aromatic heterocycles. The minimum atomic E-state index is -1.12. The number of hydrogen-bond acceptors (Lipinski definition) is 5. The molecule has 130 valence electrons. The Morgan fingerprint density at radius 1 is 0.654 bits per heavy atom. The van der Waals surface area contributed by atoms with Crippen LogP contribution in [0.1, 0.15) is 17.2 Å². The summed E-state index contributed by atoms with van der Waals surface area (Å²) in [5.74, 6) is -1.94. The molecule has 0 spiro atoms. The molecule has 3 rings (SSSR count). The first-order valence-electron chi connectivity index (χ1n) is 8.07. The molecule has 5 heteroatoms. The molecule has 0 fully saturated rings. The van der Waals surface area contributed by atoms with Gasteiger partial charge in [-0.15, -0.1) is 5.48 Å². The zero-order valence-electron chi connectivity index (χ0n) is 13.9. The van der Waals surface area contributed by atoms with Crippen LogP contribution in [0.25, 0.3) is 0 Å². The molecule has 0 heterocycles. The van der Waals surface area contributed by atoms with E-state index in [2.05, 4.69) is 5.48 Å². The first-order valence-corrected chi connectivity index (χ1v) is 8.07. The average Bonchev–Trinajstić information content (AvgIpc) is 2.70. The van der Waals surface area contributed by atoms with E-state index in [1.165, 1.54) is 0 Å². The van der Waals surface area contributed by atoms with Gasteiger partial charge in [-0.2, -0.15) is 0 Å². The number of para-hydroxylation sites is 1. The molecule has 0 atom stereocenters. The fourth-order valence-corrected chi connectivity index (χ4v) is 2.41. The van der Waals surface area contributed by atoms with Crippen LogP contribution in [0.2, 0.25) is 0 Å². The minimum Gasteiger partial charge on any atom is -0.418 e. The van der Waals surface area contributed by atoms with Crippen molar-refractivity contribution in [3.63, 3.8) is 0 Å². The van der Waals surface area contributed by atoms with Gasteiger partial charge in [0, 0.05) is 0 Å². The maximum absolute atomic E-state index is 12.0. The van der Waals surface area contributed by atoms with Gasteiger partial charge in [-0.25, -0.2) is 9.59 Å². The number of esters is 1. The van der Waals surface area contributed by atoms with Crippen LogP contribution in [-0.2, 0) is 14.4 Å². The molecule has 1 N–H and O–H groups in total. The van der Waals surface area contributed by atoms with Crippen molar-refractivity contribution in [1.82, 2.24) is 5.48 Å². The zero-order valence-corrected chi connectivity index (χ0v) is 13.9. The third kappa shape index (κ3) is 4.55. The van der Waals surface area contributed by atoms with Crippen molar-refractivity contribution in [1.29, 1.82) is 0 Å². The van der Waals surface area contributed by atoms with Gasteiger partial charge in [0.2, 0.25) is 0 Å². The zero-order chi connectivity index (χ0) is 18.2. The van der Waals surface area contributed by atoms with Gasteiger partial charge >= 0.3 is 11.9 Å². The summed E-state index contributed by atoms with van der Waals surface area (Å²) >= 11 is 0. The standard InChI is InChI=1S/C21H17NO4/c23-20(25-18-14-8-3-9-15-18)21(24)26-22-19(16-10-4-1-5-11-16)17-12-6-2-7-13-17/h1-15,19,22H. The van der Waals surface area contributed by atoms with Crippen molar-refractivity contribution >= 4 is 11.9 Å². The lowest BCUT2D eigenvalue weighted by Crippen LogP contribution is -2.32. The number of hydroxylamine groups is 1. The molecule has 0 saturated carbocycles. The molecule has 0 aliphatic heterocycles. The van der Waals surface area contributed by atoms with Crippen molar-refractivity contribution in [2.75, 3.05) is 0 Å². The second-order valence-corrected chi connectivity index (χ2v) is 5.46. The lowest BCUT2D eigenvalue weighted by molar-refractivity contribution is -0.168. The molecule has 3 aromatic rings. The largest absolute Gasteiger partial charge is 0.436 e. The first kappa shape index (κ1) is 17.4. The Bertz CT molecular complexity index is 811. The second kappa shape index (κ2) is 8.60. The Morgan fingerprint density at radius 2 is 1.12 bits per heavy atom. The summed E-state index contributed by atoms with van der Waals surface area (Å²) < 4.78 is 4.97. The summed E-state index contributed by atoms with van der Waals surface area (Å²) in [5.41, 5.74) is 4.45. The summed E-state index contributed by atoms with van der Waals surface area (Å²) in [6.07, 6.45) is 0. The van der Waals surface area contributed by atoms with Crippen LogP contribution in [0.5, 0.6) is 5.75 Å². The molecule has 0 aliphatic carbocycles. The van der Waals surface area contributed by atoms with Crippen LogP contribution in [0.3, 0.4) is 0 Å². The van der Waals surface area contributed by atoms with Crippen molar-refractivity contribution in [2.45, 2.75) is 6.04 Å². The van der Waals surface area contributed by atoms with Gasteiger partial charge in [0.05, 0.1) is 6.04 Å². The number of hydrogen-bond donors (Lipinski definition) is 1. The lowest BCUT2D eigenvalue weighted by Gasteiger charge is -2.18. The summed E-state index contributed by atoms with van der Waals surface area (Å²) in [5, 5.41) is 0. The van der Waals surface area contributed by atoms with Gasteiger partial charge in [0.15, 0.2) is 0 Å². The van der Waals surface area contributed by atoms with Crippen LogP contribution in [0.15, 0.2) is 91.0 Å². The highest BCUT2D eigenvalue weighted by Gasteiger charge is 2.22. The monoisotopic (exact) mass is 347 g/mol. The van der Waals surface area contributed by atoms with Crippen LogP contribution in [0, 0.1) is 0 Å². The second-order valence-electron chi connectivity index (χ2n) is 5.46. The molecule has 0 bridgehead atoms. The van der Waals surface area contributed by atoms with Gasteiger partial charge in [0.25, 0.3) is 0 Å². The number of carbonyl (C=O) groups excluding carboxylic acids is 2. The number of rotatable bonds is 5. The summed E-state index contributed by atoms with van der Waals surface area (Å²) in [6, 6.07) is 26.9. The Kier molecular flexibility index (Phi) is 5.75. The number of nitrogens with one attached hydrogen (secondary N) is 1. The van der Waals surface area contributed by atoms with Gasteiger partial charge in [-0.1, -0.05) is 78.9 Å². The summed E-state index contributed by atoms with van der Waals surface area (Å²) in [4.78, 5) is 28.8. The van der Waals surface area contributed by atoms with Gasteiger partial charge in [-0.05, 0) is 23.3 Å². The normalized spacial score (nSPS) is 10.3. The quantitative estimate of drug-likeness (QED) is 0.332. The van der Waals surface area contributed by atoms with Crippen molar-refractivity contribution in [2.24, 2.45) is 0 Å². The van der Waals surface area contributed by atoms with Crippen molar-refractivity contribution in [3.8, 4) is 5.75 Å². The highest BCUT2D eigenvalue weighted by atomic mass is 16.7. The summed E-state index contributed by atoms with van der Waals surface area (Å²) in [7, 11) is 0. The Morgan fingerprint density at radius 3 is 1.62 bits per heavy atom. The third-order valence-corrected chi connectivity index (χ3v) is 3.66. The topological polar surface area (TPSA) is 64.6 Å². The molecule has 0 unspecified atom stereocenters. The van der Waals surface area contributed by atoms with E-state index in [-0.39, 0.29) is 5.75 Å². The predicted octanol–water partition coefficient (Wildman–Crippen LogP) is 3.43. The van der Waals surface area contributed by atoms with Crippen molar-refractivity contribution < 1.29 is 19.2 Å². The molecule has 3 aromatic carbocycles. The Balaban J connectivity index is 1.68. The van der Waals surface area contributed by atoms with E-state index in [0.29, 0.717) is 0 Å². The number of ether oxygens (including phenoxy) is 1. The molecule has 0 aliphatic rings. The maximum atomic E-state index is 12.0.